The molecule has 1 aromatic rings. The summed E-state index contributed by atoms with van der Waals surface area (Å²) >= 11 is -0.0366. The molecule has 0 heterocycles. The second kappa shape index (κ2) is 4.08. The van der Waals surface area contributed by atoms with Gasteiger partial charge in [-0.1, -0.05) is 6.07 Å². The van der Waals surface area contributed by atoms with Crippen LogP contribution in [0.3, 0.4) is 0 Å². The fourth-order valence-electron chi connectivity index (χ4n) is 1.75. The fourth-order valence-corrected chi connectivity index (χ4v) is 2.35. The van der Waals surface area contributed by atoms with Crippen LogP contribution in [-0.4, -0.2) is 5.51 Å². The maximum atomic E-state index is 12.1. The molecule has 2 rings (SSSR count). The van der Waals surface area contributed by atoms with Crippen LogP contribution in [0.1, 0.15) is 17.5 Å². The minimum atomic E-state index is -4.19. The summed E-state index contributed by atoms with van der Waals surface area (Å²) in [5.74, 6) is 0. The summed E-state index contributed by atoms with van der Waals surface area (Å²) in [5.41, 5.74) is -1.96. The normalized spacial score (nSPS) is 16.2. The van der Waals surface area contributed by atoms with E-state index in [4.69, 9.17) is 0 Å². The number of thioether (sulfide) groups is 1. The van der Waals surface area contributed by atoms with Crippen molar-refractivity contribution in [3.05, 3.63) is 35.7 Å². The molecule has 1 aliphatic carbocycles. The van der Waals surface area contributed by atoms with Gasteiger partial charge in [0, 0.05) is 4.90 Å². The van der Waals surface area contributed by atoms with E-state index in [1.807, 2.05) is 0 Å². The number of hydrogen-bond donors (Lipinski definition) is 0. The Bertz CT molecular complexity index is 357. The highest BCUT2D eigenvalue weighted by Gasteiger charge is 2.29. The van der Waals surface area contributed by atoms with Gasteiger partial charge in [-0.3, -0.25) is 0 Å². The first-order valence-electron chi connectivity index (χ1n) is 4.74. The van der Waals surface area contributed by atoms with Crippen LogP contribution in [0.2, 0.25) is 0 Å². The Hall–Kier alpha value is -0.640. The molecule has 0 aromatic heterocycles. The molecule has 1 aliphatic rings. The number of halogens is 3. The van der Waals surface area contributed by atoms with Crippen LogP contribution in [0.4, 0.5) is 13.2 Å². The number of hydrogen-bond acceptors (Lipinski definition) is 1. The standard InChI is InChI=1S/C11H10F3S/c12-11(13,14)15-10-6-5-8-3-1-2-4-9(8)7-10/h1,5-7H,2-4H2. The molecule has 0 nitrogen and oxygen atoms in total. The van der Waals surface area contributed by atoms with E-state index in [2.05, 4.69) is 6.42 Å². The van der Waals surface area contributed by atoms with Crippen molar-refractivity contribution in [1.29, 1.82) is 0 Å². The smallest absolute Gasteiger partial charge is 0.160 e. The van der Waals surface area contributed by atoms with Crippen molar-refractivity contribution in [2.45, 2.75) is 29.7 Å². The van der Waals surface area contributed by atoms with E-state index in [9.17, 15) is 13.2 Å². The summed E-state index contributed by atoms with van der Waals surface area (Å²) in [6.45, 7) is 0. The van der Waals surface area contributed by atoms with Crippen LogP contribution in [0.25, 0.3) is 0 Å². The van der Waals surface area contributed by atoms with Gasteiger partial charge in [0.15, 0.2) is 0 Å². The molecule has 0 saturated heterocycles. The first kappa shape index (κ1) is 10.9. The van der Waals surface area contributed by atoms with Gasteiger partial charge < -0.3 is 0 Å². The highest BCUT2D eigenvalue weighted by Crippen LogP contribution is 2.38. The van der Waals surface area contributed by atoms with Crippen LogP contribution in [-0.2, 0) is 12.8 Å². The molecular weight excluding hydrogens is 221 g/mol. The molecule has 4 heteroatoms. The molecule has 0 spiro atoms. The molecule has 0 N–H and O–H groups in total. The van der Waals surface area contributed by atoms with E-state index in [0.29, 0.717) is 4.90 Å². The van der Waals surface area contributed by atoms with Crippen molar-refractivity contribution in [3.8, 4) is 0 Å². The molecule has 1 aromatic carbocycles. The number of fused-ring (bicyclic) bond motifs is 1. The monoisotopic (exact) mass is 231 g/mol. The lowest BCUT2D eigenvalue weighted by atomic mass is 9.92. The van der Waals surface area contributed by atoms with E-state index in [-0.39, 0.29) is 11.8 Å². The van der Waals surface area contributed by atoms with Crippen LogP contribution in [0.15, 0.2) is 23.1 Å². The average molecular weight is 231 g/mol. The van der Waals surface area contributed by atoms with E-state index in [1.54, 1.807) is 18.2 Å². The minimum Gasteiger partial charge on any atom is -0.160 e. The third kappa shape index (κ3) is 2.91. The van der Waals surface area contributed by atoms with Crippen molar-refractivity contribution in [2.24, 2.45) is 0 Å². The van der Waals surface area contributed by atoms with Crippen molar-refractivity contribution < 1.29 is 13.2 Å². The lowest BCUT2D eigenvalue weighted by molar-refractivity contribution is -0.0328. The number of alkyl halides is 3. The zero-order valence-electron chi connectivity index (χ0n) is 7.97. The number of rotatable bonds is 1. The Morgan fingerprint density at radius 1 is 1.13 bits per heavy atom. The van der Waals surface area contributed by atoms with Crippen LogP contribution in [0, 0.1) is 6.42 Å². The van der Waals surface area contributed by atoms with Gasteiger partial charge in [-0.15, -0.1) is 0 Å². The molecule has 0 saturated carbocycles. The van der Waals surface area contributed by atoms with Gasteiger partial charge in [-0.05, 0) is 60.7 Å². The summed E-state index contributed by atoms with van der Waals surface area (Å²) in [6, 6.07) is 5.02. The summed E-state index contributed by atoms with van der Waals surface area (Å²) in [5, 5.41) is 0. The Morgan fingerprint density at radius 2 is 1.93 bits per heavy atom. The van der Waals surface area contributed by atoms with E-state index >= 15 is 0 Å². The molecule has 0 fully saturated rings. The zero-order chi connectivity index (χ0) is 10.9. The third-order valence-corrected chi connectivity index (χ3v) is 3.11. The Kier molecular flexibility index (Phi) is 2.96. The molecule has 0 atom stereocenters. The predicted molar refractivity (Wildman–Crippen MR) is 54.7 cm³/mol. The topological polar surface area (TPSA) is 0 Å². The Labute approximate surface area is 90.9 Å². The summed E-state index contributed by atoms with van der Waals surface area (Å²) in [7, 11) is 0. The van der Waals surface area contributed by atoms with Gasteiger partial charge in [0.25, 0.3) is 0 Å². The van der Waals surface area contributed by atoms with Gasteiger partial charge in [0.1, 0.15) is 0 Å². The van der Waals surface area contributed by atoms with Gasteiger partial charge in [0.05, 0.1) is 0 Å². The van der Waals surface area contributed by atoms with Crippen molar-refractivity contribution >= 4 is 11.8 Å². The summed E-state index contributed by atoms with van der Waals surface area (Å²) in [6.07, 6.45) is 4.87. The minimum absolute atomic E-state index is 0.0366. The van der Waals surface area contributed by atoms with Crippen molar-refractivity contribution in [3.63, 3.8) is 0 Å². The first-order valence-corrected chi connectivity index (χ1v) is 5.55. The molecule has 0 amide bonds. The van der Waals surface area contributed by atoms with Gasteiger partial charge >= 0.3 is 5.51 Å². The molecule has 1 radical (unpaired) electrons. The summed E-state index contributed by atoms with van der Waals surface area (Å²) in [4.78, 5) is 0.295. The third-order valence-electron chi connectivity index (χ3n) is 2.39. The quantitative estimate of drug-likeness (QED) is 0.658. The lowest BCUT2D eigenvalue weighted by Crippen LogP contribution is -2.04. The first-order chi connectivity index (χ1) is 7.04. The molecule has 15 heavy (non-hydrogen) atoms. The van der Waals surface area contributed by atoms with Crippen molar-refractivity contribution in [1.82, 2.24) is 0 Å². The van der Waals surface area contributed by atoms with Crippen molar-refractivity contribution in [2.75, 3.05) is 0 Å². The predicted octanol–water partition coefficient (Wildman–Crippen LogP) is 3.99. The second-order valence-electron chi connectivity index (χ2n) is 3.51. The molecule has 81 valence electrons. The van der Waals surface area contributed by atoms with E-state index < -0.39 is 5.51 Å². The molecule has 0 aliphatic heterocycles. The van der Waals surface area contributed by atoms with E-state index in [0.717, 1.165) is 30.4 Å². The average Bonchev–Trinajstić information content (AvgIpc) is 2.15. The van der Waals surface area contributed by atoms with Crippen LogP contribution >= 0.6 is 11.8 Å². The molecular formula is C11H10F3S. The van der Waals surface area contributed by atoms with Gasteiger partial charge in [0.2, 0.25) is 0 Å². The van der Waals surface area contributed by atoms with Crippen LogP contribution < -0.4 is 0 Å². The SMILES string of the molecule is FC(F)(F)Sc1ccc2c(c1)CC[CH]C2. The largest absolute Gasteiger partial charge is 0.446 e. The Balaban J connectivity index is 2.21. The van der Waals surface area contributed by atoms with E-state index in [1.165, 1.54) is 0 Å². The fraction of sp³-hybridized carbons (Fsp3) is 0.364. The molecule has 0 unspecified atom stereocenters. The van der Waals surface area contributed by atoms with Gasteiger partial charge in [-0.2, -0.15) is 13.2 Å². The lowest BCUT2D eigenvalue weighted by Gasteiger charge is -2.16. The maximum absolute atomic E-state index is 12.1. The summed E-state index contributed by atoms with van der Waals surface area (Å²) < 4.78 is 36.4. The zero-order valence-corrected chi connectivity index (χ0v) is 8.79. The Morgan fingerprint density at radius 3 is 2.67 bits per heavy atom. The molecule has 0 bridgehead atoms. The van der Waals surface area contributed by atoms with Gasteiger partial charge in [-0.25, -0.2) is 0 Å². The highest BCUT2D eigenvalue weighted by molar-refractivity contribution is 8.00. The second-order valence-corrected chi connectivity index (χ2v) is 4.65. The number of benzene rings is 1. The number of aryl methyl sites for hydroxylation is 1. The maximum Gasteiger partial charge on any atom is 0.446 e. The van der Waals surface area contributed by atoms with Crippen LogP contribution in [0.5, 0.6) is 0 Å². The highest BCUT2D eigenvalue weighted by atomic mass is 32.2.